The van der Waals surface area contributed by atoms with E-state index < -0.39 is 6.09 Å². The van der Waals surface area contributed by atoms with Gasteiger partial charge in [-0.2, -0.15) is 0 Å². The van der Waals surface area contributed by atoms with Crippen LogP contribution in [0.1, 0.15) is 26.2 Å². The quantitative estimate of drug-likeness (QED) is 0.681. The summed E-state index contributed by atoms with van der Waals surface area (Å²) in [5.74, 6) is 0.496. The topological polar surface area (TPSA) is 60.8 Å². The summed E-state index contributed by atoms with van der Waals surface area (Å²) in [6.45, 7) is 3.02. The molecule has 1 fully saturated rings. The van der Waals surface area contributed by atoms with Gasteiger partial charge >= 0.3 is 6.09 Å². The molecule has 0 saturated carbocycles. The largest absolute Gasteiger partial charge is 0.465 e. The van der Waals surface area contributed by atoms with Crippen LogP contribution in [0.5, 0.6) is 0 Å². The maximum absolute atomic E-state index is 10.6. The van der Waals surface area contributed by atoms with Gasteiger partial charge in [0.25, 0.3) is 0 Å². The molecule has 13 heavy (non-hydrogen) atoms. The van der Waals surface area contributed by atoms with Crippen molar-refractivity contribution in [1.29, 1.82) is 0 Å². The molecule has 76 valence electrons. The van der Waals surface area contributed by atoms with Crippen molar-refractivity contribution in [2.45, 2.75) is 32.3 Å². The van der Waals surface area contributed by atoms with Gasteiger partial charge in [0, 0.05) is 13.1 Å². The highest BCUT2D eigenvalue weighted by atomic mass is 16.4. The highest BCUT2D eigenvalue weighted by Crippen LogP contribution is 2.21. The summed E-state index contributed by atoms with van der Waals surface area (Å²) >= 11 is 0. The summed E-state index contributed by atoms with van der Waals surface area (Å²) in [7, 11) is 0. The summed E-state index contributed by atoms with van der Waals surface area (Å²) in [6.07, 6.45) is 1.49. The van der Waals surface area contributed by atoms with Crippen molar-refractivity contribution in [1.82, 2.24) is 4.90 Å². The van der Waals surface area contributed by atoms with Crippen molar-refractivity contribution < 1.29 is 15.0 Å². The van der Waals surface area contributed by atoms with E-state index in [0.29, 0.717) is 19.0 Å². The maximum Gasteiger partial charge on any atom is 0.407 e. The van der Waals surface area contributed by atoms with Crippen molar-refractivity contribution in [3.05, 3.63) is 0 Å². The predicted octanol–water partition coefficient (Wildman–Crippen LogP) is 1.15. The zero-order chi connectivity index (χ0) is 9.84. The second-order valence-electron chi connectivity index (χ2n) is 3.80. The summed E-state index contributed by atoms with van der Waals surface area (Å²) in [5, 5.41) is 17.8. The van der Waals surface area contributed by atoms with Crippen LogP contribution in [0, 0.1) is 5.92 Å². The van der Waals surface area contributed by atoms with Crippen LogP contribution in [0.2, 0.25) is 0 Å². The molecule has 0 aliphatic carbocycles. The fraction of sp³-hybridized carbons (Fsp3) is 0.889. The Morgan fingerprint density at radius 1 is 1.54 bits per heavy atom. The third-order valence-corrected chi connectivity index (χ3v) is 2.56. The van der Waals surface area contributed by atoms with Crippen molar-refractivity contribution in [3.63, 3.8) is 0 Å². The Balaban J connectivity index is 2.26. The molecule has 1 aliphatic rings. The number of hydrogen-bond donors (Lipinski definition) is 2. The standard InChI is InChI=1S/C9H17NO3/c1-7(11)6-8-2-4-10(5-3-8)9(12)13/h7-8,11H,2-6H2,1H3,(H,12,13). The molecule has 0 bridgehead atoms. The second kappa shape index (κ2) is 4.46. The van der Waals surface area contributed by atoms with Crippen LogP contribution in [-0.2, 0) is 0 Å². The highest BCUT2D eigenvalue weighted by Gasteiger charge is 2.22. The molecule has 1 atom stereocenters. The lowest BCUT2D eigenvalue weighted by molar-refractivity contribution is 0.104. The van der Waals surface area contributed by atoms with Crippen molar-refractivity contribution in [2.75, 3.05) is 13.1 Å². The van der Waals surface area contributed by atoms with Gasteiger partial charge in [-0.25, -0.2) is 4.79 Å². The number of piperidine rings is 1. The Bertz CT molecular complexity index is 174. The lowest BCUT2D eigenvalue weighted by Gasteiger charge is -2.30. The highest BCUT2D eigenvalue weighted by molar-refractivity contribution is 5.64. The number of likely N-dealkylation sites (tertiary alicyclic amines) is 1. The third kappa shape index (κ3) is 3.22. The molecule has 1 amide bonds. The van der Waals surface area contributed by atoms with Crippen LogP contribution in [-0.4, -0.2) is 40.4 Å². The number of amides is 1. The zero-order valence-corrected chi connectivity index (χ0v) is 7.94. The van der Waals surface area contributed by atoms with E-state index >= 15 is 0 Å². The Morgan fingerprint density at radius 3 is 2.46 bits per heavy atom. The molecular weight excluding hydrogens is 170 g/mol. The molecule has 4 heteroatoms. The third-order valence-electron chi connectivity index (χ3n) is 2.56. The molecule has 0 spiro atoms. The number of aliphatic hydroxyl groups is 1. The summed E-state index contributed by atoms with van der Waals surface area (Å²) < 4.78 is 0. The van der Waals surface area contributed by atoms with E-state index in [4.69, 9.17) is 10.2 Å². The number of aliphatic hydroxyl groups excluding tert-OH is 1. The van der Waals surface area contributed by atoms with E-state index in [2.05, 4.69) is 0 Å². The molecular formula is C9H17NO3. The molecule has 0 aromatic rings. The lowest BCUT2D eigenvalue weighted by Crippen LogP contribution is -2.38. The van der Waals surface area contributed by atoms with E-state index in [9.17, 15) is 4.79 Å². The first kappa shape index (κ1) is 10.3. The van der Waals surface area contributed by atoms with Gasteiger partial charge in [-0.05, 0) is 32.1 Å². The molecule has 0 aromatic heterocycles. The van der Waals surface area contributed by atoms with Crippen LogP contribution in [0.25, 0.3) is 0 Å². The predicted molar refractivity (Wildman–Crippen MR) is 48.6 cm³/mol. The smallest absolute Gasteiger partial charge is 0.407 e. The van der Waals surface area contributed by atoms with E-state index in [1.807, 2.05) is 0 Å². The average Bonchev–Trinajstić information content (AvgIpc) is 2.04. The summed E-state index contributed by atoms with van der Waals surface area (Å²) in [5.41, 5.74) is 0. The van der Waals surface area contributed by atoms with E-state index in [1.165, 1.54) is 4.90 Å². The number of carboxylic acid groups (broad SMARTS) is 1. The van der Waals surface area contributed by atoms with E-state index in [0.717, 1.165) is 19.3 Å². The molecule has 2 N–H and O–H groups in total. The Morgan fingerprint density at radius 2 is 2.08 bits per heavy atom. The number of rotatable bonds is 2. The minimum absolute atomic E-state index is 0.263. The molecule has 0 radical (unpaired) electrons. The zero-order valence-electron chi connectivity index (χ0n) is 7.94. The Hall–Kier alpha value is -0.770. The summed E-state index contributed by atoms with van der Waals surface area (Å²) in [4.78, 5) is 12.0. The van der Waals surface area contributed by atoms with Crippen LogP contribution >= 0.6 is 0 Å². The molecule has 1 rings (SSSR count). The van der Waals surface area contributed by atoms with Crippen molar-refractivity contribution in [2.24, 2.45) is 5.92 Å². The van der Waals surface area contributed by atoms with Gasteiger partial charge < -0.3 is 15.1 Å². The van der Waals surface area contributed by atoms with Crippen LogP contribution in [0.3, 0.4) is 0 Å². The van der Waals surface area contributed by atoms with Gasteiger partial charge in [-0.3, -0.25) is 0 Å². The van der Waals surface area contributed by atoms with Gasteiger partial charge in [0.15, 0.2) is 0 Å². The van der Waals surface area contributed by atoms with Crippen molar-refractivity contribution in [3.8, 4) is 0 Å². The van der Waals surface area contributed by atoms with Gasteiger partial charge in [0.2, 0.25) is 0 Å². The van der Waals surface area contributed by atoms with Gasteiger partial charge in [-0.1, -0.05) is 0 Å². The van der Waals surface area contributed by atoms with Crippen LogP contribution in [0.15, 0.2) is 0 Å². The van der Waals surface area contributed by atoms with Crippen LogP contribution in [0.4, 0.5) is 4.79 Å². The number of hydrogen-bond acceptors (Lipinski definition) is 2. The summed E-state index contributed by atoms with van der Waals surface area (Å²) in [6, 6.07) is 0. The molecule has 4 nitrogen and oxygen atoms in total. The molecule has 1 saturated heterocycles. The normalized spacial score (nSPS) is 21.5. The number of carbonyl (C=O) groups is 1. The fourth-order valence-electron chi connectivity index (χ4n) is 1.84. The second-order valence-corrected chi connectivity index (χ2v) is 3.80. The Kier molecular flexibility index (Phi) is 3.54. The SMILES string of the molecule is CC(O)CC1CCN(C(=O)O)CC1. The minimum Gasteiger partial charge on any atom is -0.465 e. The first-order valence-electron chi connectivity index (χ1n) is 4.75. The average molecular weight is 187 g/mol. The molecule has 1 aliphatic heterocycles. The van der Waals surface area contributed by atoms with Gasteiger partial charge in [0.1, 0.15) is 0 Å². The Labute approximate surface area is 78.2 Å². The first-order valence-corrected chi connectivity index (χ1v) is 4.75. The van der Waals surface area contributed by atoms with Crippen molar-refractivity contribution >= 4 is 6.09 Å². The number of nitrogens with zero attached hydrogens (tertiary/aromatic N) is 1. The van der Waals surface area contributed by atoms with E-state index in [-0.39, 0.29) is 6.10 Å². The fourth-order valence-corrected chi connectivity index (χ4v) is 1.84. The maximum atomic E-state index is 10.6. The molecule has 0 aromatic carbocycles. The van der Waals surface area contributed by atoms with Gasteiger partial charge in [-0.15, -0.1) is 0 Å². The molecule has 1 heterocycles. The first-order chi connectivity index (χ1) is 6.09. The van der Waals surface area contributed by atoms with Crippen LogP contribution < -0.4 is 0 Å². The van der Waals surface area contributed by atoms with Gasteiger partial charge in [0.05, 0.1) is 6.10 Å². The lowest BCUT2D eigenvalue weighted by atomic mass is 9.92. The molecule has 1 unspecified atom stereocenters. The monoisotopic (exact) mass is 187 g/mol. The minimum atomic E-state index is -0.824. The van der Waals surface area contributed by atoms with E-state index in [1.54, 1.807) is 6.92 Å².